The van der Waals surface area contributed by atoms with Crippen LogP contribution in [0.2, 0.25) is 0 Å². The topological polar surface area (TPSA) is 55.5 Å². The smallest absolute Gasteiger partial charge is 0.159 e. The van der Waals surface area contributed by atoms with Crippen LogP contribution in [-0.2, 0) is 4.79 Å². The summed E-state index contributed by atoms with van der Waals surface area (Å²) in [4.78, 5) is 16.0. The average Bonchev–Trinajstić information content (AvgIpc) is 2.45. The first-order valence-corrected chi connectivity index (χ1v) is 5.36. The summed E-state index contributed by atoms with van der Waals surface area (Å²) in [6.45, 7) is 1.85. The van der Waals surface area contributed by atoms with Gasteiger partial charge in [0.05, 0.1) is 5.69 Å². The number of ketones is 1. The van der Waals surface area contributed by atoms with Crippen LogP contribution in [0.1, 0.15) is 25.3 Å². The van der Waals surface area contributed by atoms with Gasteiger partial charge in [-0.3, -0.25) is 4.79 Å². The van der Waals surface area contributed by atoms with Crippen molar-refractivity contribution < 1.29 is 4.79 Å². The quantitative estimate of drug-likeness (QED) is 0.822. The first kappa shape index (κ1) is 10.6. The molecule has 0 atom stereocenters. The van der Waals surface area contributed by atoms with Gasteiger partial charge in [0.25, 0.3) is 0 Å². The first-order chi connectivity index (χ1) is 7.70. The maximum atomic E-state index is 11.7. The van der Waals surface area contributed by atoms with E-state index in [0.29, 0.717) is 18.7 Å². The standard InChI is InChI=1S/C13H14N2O/c1-2-12(16)10-7-9-5-3-4-6-11(9)15-13(14)8-10/h3-7H,2,8H2,1H3,(H2,14,15). The molecule has 2 rings (SSSR count). The highest BCUT2D eigenvalue weighted by molar-refractivity contribution is 6.06. The highest BCUT2D eigenvalue weighted by Crippen LogP contribution is 2.26. The molecule has 2 N–H and O–H groups in total. The van der Waals surface area contributed by atoms with E-state index in [1.807, 2.05) is 37.3 Å². The molecule has 1 aliphatic heterocycles. The summed E-state index contributed by atoms with van der Waals surface area (Å²) in [6.07, 6.45) is 2.84. The summed E-state index contributed by atoms with van der Waals surface area (Å²) in [7, 11) is 0. The largest absolute Gasteiger partial charge is 0.387 e. The van der Waals surface area contributed by atoms with Gasteiger partial charge in [0.2, 0.25) is 0 Å². The Morgan fingerprint density at radius 1 is 1.44 bits per heavy atom. The monoisotopic (exact) mass is 214 g/mol. The van der Waals surface area contributed by atoms with Gasteiger partial charge in [-0.05, 0) is 12.1 Å². The van der Waals surface area contributed by atoms with Gasteiger partial charge in [0.15, 0.2) is 5.78 Å². The number of benzene rings is 1. The van der Waals surface area contributed by atoms with E-state index < -0.39 is 0 Å². The third-order valence-corrected chi connectivity index (χ3v) is 2.58. The number of hydrogen-bond acceptors (Lipinski definition) is 3. The molecule has 0 unspecified atom stereocenters. The molecule has 0 saturated heterocycles. The van der Waals surface area contributed by atoms with Crippen molar-refractivity contribution in [1.82, 2.24) is 0 Å². The van der Waals surface area contributed by atoms with Gasteiger partial charge in [-0.25, -0.2) is 4.99 Å². The molecule has 1 aliphatic rings. The van der Waals surface area contributed by atoms with E-state index >= 15 is 0 Å². The Hall–Kier alpha value is -1.90. The summed E-state index contributed by atoms with van der Waals surface area (Å²) in [5.74, 6) is 0.632. The number of para-hydroxylation sites is 1. The van der Waals surface area contributed by atoms with Crippen LogP contribution in [0.15, 0.2) is 34.8 Å². The van der Waals surface area contributed by atoms with E-state index in [2.05, 4.69) is 4.99 Å². The lowest BCUT2D eigenvalue weighted by atomic mass is 10.0. The fourth-order valence-corrected chi connectivity index (χ4v) is 1.75. The predicted octanol–water partition coefficient (Wildman–Crippen LogP) is 2.44. The number of fused-ring (bicyclic) bond motifs is 1. The molecular formula is C13H14N2O. The Balaban J connectivity index is 2.51. The highest BCUT2D eigenvalue weighted by atomic mass is 16.1. The molecule has 3 nitrogen and oxygen atoms in total. The van der Waals surface area contributed by atoms with Crippen LogP contribution < -0.4 is 5.73 Å². The Labute approximate surface area is 94.7 Å². The second-order valence-corrected chi connectivity index (χ2v) is 3.79. The number of carbonyl (C=O) groups is 1. The van der Waals surface area contributed by atoms with Crippen molar-refractivity contribution in [3.8, 4) is 0 Å². The molecule has 0 bridgehead atoms. The van der Waals surface area contributed by atoms with Crippen molar-refractivity contribution in [3.05, 3.63) is 35.4 Å². The van der Waals surface area contributed by atoms with Crippen molar-refractivity contribution in [3.63, 3.8) is 0 Å². The molecule has 0 saturated carbocycles. The van der Waals surface area contributed by atoms with Gasteiger partial charge in [-0.15, -0.1) is 0 Å². The van der Waals surface area contributed by atoms with Crippen molar-refractivity contribution in [2.75, 3.05) is 0 Å². The van der Waals surface area contributed by atoms with Crippen LogP contribution in [0.5, 0.6) is 0 Å². The number of nitrogens with zero attached hydrogens (tertiary/aromatic N) is 1. The SMILES string of the molecule is CCC(=O)C1=Cc2ccccc2N=C(N)C1. The summed E-state index contributed by atoms with van der Waals surface area (Å²) in [6, 6.07) is 7.69. The van der Waals surface area contributed by atoms with Gasteiger partial charge in [0, 0.05) is 24.0 Å². The maximum Gasteiger partial charge on any atom is 0.159 e. The molecule has 1 aromatic carbocycles. The zero-order valence-electron chi connectivity index (χ0n) is 9.23. The number of aliphatic imine (C=N–C) groups is 1. The minimum absolute atomic E-state index is 0.134. The van der Waals surface area contributed by atoms with Gasteiger partial charge in [-0.2, -0.15) is 0 Å². The Kier molecular flexibility index (Phi) is 2.86. The van der Waals surface area contributed by atoms with Gasteiger partial charge in [-0.1, -0.05) is 25.1 Å². The van der Waals surface area contributed by atoms with Gasteiger partial charge in [0.1, 0.15) is 5.84 Å². The van der Waals surface area contributed by atoms with Crippen molar-refractivity contribution in [2.45, 2.75) is 19.8 Å². The minimum Gasteiger partial charge on any atom is -0.387 e. The van der Waals surface area contributed by atoms with E-state index in [9.17, 15) is 4.79 Å². The number of Topliss-reactive ketones (excluding diaryl/α,β-unsaturated/α-hetero) is 1. The zero-order chi connectivity index (χ0) is 11.5. The molecule has 0 fully saturated rings. The molecule has 1 aromatic rings. The maximum absolute atomic E-state index is 11.7. The summed E-state index contributed by atoms with van der Waals surface area (Å²) < 4.78 is 0. The second kappa shape index (κ2) is 4.31. The van der Waals surface area contributed by atoms with E-state index in [1.54, 1.807) is 0 Å². The molecule has 0 amide bonds. The number of amidine groups is 1. The van der Waals surface area contributed by atoms with E-state index in [0.717, 1.165) is 16.8 Å². The molecule has 0 spiro atoms. The fourth-order valence-electron chi connectivity index (χ4n) is 1.75. The molecule has 1 heterocycles. The predicted molar refractivity (Wildman–Crippen MR) is 65.6 cm³/mol. The Morgan fingerprint density at radius 3 is 2.94 bits per heavy atom. The molecule has 0 aromatic heterocycles. The Bertz CT molecular complexity index is 486. The lowest BCUT2D eigenvalue weighted by Crippen LogP contribution is -2.14. The normalized spacial score (nSPS) is 14.6. The molecule has 82 valence electrons. The van der Waals surface area contributed by atoms with Crippen LogP contribution >= 0.6 is 0 Å². The lowest BCUT2D eigenvalue weighted by molar-refractivity contribution is -0.115. The molecule has 0 aliphatic carbocycles. The third-order valence-electron chi connectivity index (χ3n) is 2.58. The van der Waals surface area contributed by atoms with Crippen molar-refractivity contribution >= 4 is 23.4 Å². The van der Waals surface area contributed by atoms with E-state index in [4.69, 9.17) is 5.73 Å². The number of carbonyl (C=O) groups excluding carboxylic acids is 1. The number of nitrogens with two attached hydrogens (primary N) is 1. The zero-order valence-corrected chi connectivity index (χ0v) is 9.23. The van der Waals surface area contributed by atoms with Crippen molar-refractivity contribution in [2.24, 2.45) is 10.7 Å². The van der Waals surface area contributed by atoms with Crippen LogP contribution in [0, 0.1) is 0 Å². The van der Waals surface area contributed by atoms with Crippen molar-refractivity contribution in [1.29, 1.82) is 0 Å². The Morgan fingerprint density at radius 2 is 2.19 bits per heavy atom. The molecular weight excluding hydrogens is 200 g/mol. The summed E-state index contributed by atoms with van der Waals surface area (Å²) >= 11 is 0. The molecule has 3 heteroatoms. The van der Waals surface area contributed by atoms with E-state index in [1.165, 1.54) is 0 Å². The van der Waals surface area contributed by atoms with Gasteiger partial charge >= 0.3 is 0 Å². The minimum atomic E-state index is 0.134. The van der Waals surface area contributed by atoms with E-state index in [-0.39, 0.29) is 5.78 Å². The molecule has 16 heavy (non-hydrogen) atoms. The van der Waals surface area contributed by atoms with Crippen LogP contribution in [0.4, 0.5) is 5.69 Å². The number of hydrogen-bond donors (Lipinski definition) is 1. The molecule has 0 radical (unpaired) electrons. The summed E-state index contributed by atoms with van der Waals surface area (Å²) in [5.41, 5.74) is 8.32. The van der Waals surface area contributed by atoms with Crippen LogP contribution in [-0.4, -0.2) is 11.6 Å². The second-order valence-electron chi connectivity index (χ2n) is 3.79. The van der Waals surface area contributed by atoms with Gasteiger partial charge < -0.3 is 5.73 Å². The first-order valence-electron chi connectivity index (χ1n) is 5.36. The fraction of sp³-hybridized carbons (Fsp3) is 0.231. The summed E-state index contributed by atoms with van der Waals surface area (Å²) in [5, 5.41) is 0. The third kappa shape index (κ3) is 2.03. The lowest BCUT2D eigenvalue weighted by Gasteiger charge is -2.01. The van der Waals surface area contributed by atoms with Crippen LogP contribution in [0.25, 0.3) is 6.08 Å². The average molecular weight is 214 g/mol. The number of rotatable bonds is 2. The highest BCUT2D eigenvalue weighted by Gasteiger charge is 2.13. The van der Waals surface area contributed by atoms with Crippen LogP contribution in [0.3, 0.4) is 0 Å².